The molecule has 0 radical (unpaired) electrons. The van der Waals surface area contributed by atoms with Gasteiger partial charge < -0.3 is 10.2 Å². The first kappa shape index (κ1) is 22.0. The number of hydrogen-bond donors (Lipinski definition) is 1. The molecule has 1 aliphatic rings. The largest absolute Gasteiger partial charge is 0.313 e. The van der Waals surface area contributed by atoms with Gasteiger partial charge in [0.25, 0.3) is 5.91 Å². The van der Waals surface area contributed by atoms with Crippen LogP contribution >= 0.6 is 22.9 Å². The Bertz CT molecular complexity index is 1030. The Morgan fingerprint density at radius 3 is 2.48 bits per heavy atom. The van der Waals surface area contributed by atoms with Crippen LogP contribution in [0.15, 0.2) is 60.7 Å². The summed E-state index contributed by atoms with van der Waals surface area (Å²) in [6.45, 7) is 6.14. The Hall–Kier alpha value is -2.18. The fourth-order valence-electron chi connectivity index (χ4n) is 4.04. The van der Waals surface area contributed by atoms with E-state index in [9.17, 15) is 4.79 Å². The van der Waals surface area contributed by atoms with Crippen molar-refractivity contribution in [2.45, 2.75) is 19.4 Å². The van der Waals surface area contributed by atoms with E-state index in [0.29, 0.717) is 5.56 Å². The number of thiophene rings is 1. The van der Waals surface area contributed by atoms with Crippen LogP contribution in [0.2, 0.25) is 5.02 Å². The molecule has 0 bridgehead atoms. The quantitative estimate of drug-likeness (QED) is 0.531. The smallest absolute Gasteiger partial charge is 0.256 e. The maximum Gasteiger partial charge on any atom is 0.256 e. The first-order chi connectivity index (χ1) is 15.0. The number of rotatable bonds is 6. The number of halogens is 1. The summed E-state index contributed by atoms with van der Waals surface area (Å²) in [7, 11) is 2.16. The second-order valence-corrected chi connectivity index (χ2v) is 9.54. The third-order valence-corrected chi connectivity index (χ3v) is 7.23. The third-order valence-electron chi connectivity index (χ3n) is 5.79. The van der Waals surface area contributed by atoms with Crippen molar-refractivity contribution >= 4 is 33.8 Å². The summed E-state index contributed by atoms with van der Waals surface area (Å²) in [4.78, 5) is 19.1. The number of benzene rings is 2. The van der Waals surface area contributed by atoms with Gasteiger partial charge in [0, 0.05) is 47.2 Å². The van der Waals surface area contributed by atoms with Gasteiger partial charge in [-0.25, -0.2) is 0 Å². The maximum absolute atomic E-state index is 13.0. The number of nitrogens with zero attached hydrogens (tertiary/aromatic N) is 2. The van der Waals surface area contributed by atoms with Crippen LogP contribution in [0.1, 0.15) is 39.3 Å². The Labute approximate surface area is 193 Å². The number of nitrogens with one attached hydrogen (secondary N) is 1. The van der Waals surface area contributed by atoms with Crippen LogP contribution in [-0.4, -0.2) is 48.9 Å². The molecule has 2 aromatic carbocycles. The van der Waals surface area contributed by atoms with Crippen molar-refractivity contribution in [3.05, 3.63) is 87.3 Å². The summed E-state index contributed by atoms with van der Waals surface area (Å²) in [5.41, 5.74) is 2.98. The average molecular weight is 454 g/mol. The van der Waals surface area contributed by atoms with E-state index in [0.717, 1.165) is 53.8 Å². The highest BCUT2D eigenvalue weighted by Gasteiger charge is 2.29. The second-order valence-electron chi connectivity index (χ2n) is 7.97. The van der Waals surface area contributed by atoms with E-state index in [2.05, 4.69) is 47.3 Å². The lowest BCUT2D eigenvalue weighted by Crippen LogP contribution is -2.46. The standard InChI is InChI=1S/C25H28ClN3OS/c1-3-21-17-22(25(31-21)27-24(30)18-8-5-4-6-9-18)23(19-10-7-11-20(26)16-19)29-14-12-28(2)13-15-29/h4-11,16-17,23H,3,12-15H2,1-2H3,(H,27,30)/t23-/m0/s1. The number of likely N-dealkylation sites (N-methyl/N-ethyl adjacent to an activating group) is 1. The average Bonchev–Trinajstić information content (AvgIpc) is 3.18. The zero-order valence-corrected chi connectivity index (χ0v) is 19.5. The van der Waals surface area contributed by atoms with Crippen LogP contribution in [0.25, 0.3) is 0 Å². The SMILES string of the molecule is CCc1cc([C@H](c2cccc(Cl)c2)N2CCN(C)CC2)c(NC(=O)c2ccccc2)s1. The van der Waals surface area contributed by atoms with Crippen LogP contribution in [0.4, 0.5) is 5.00 Å². The van der Waals surface area contributed by atoms with Gasteiger partial charge in [-0.2, -0.15) is 0 Å². The first-order valence-electron chi connectivity index (χ1n) is 10.7. The molecule has 1 fully saturated rings. The molecule has 0 aliphatic carbocycles. The van der Waals surface area contributed by atoms with E-state index in [4.69, 9.17) is 11.6 Å². The number of carbonyl (C=O) groups excluding carboxylic acids is 1. The van der Waals surface area contributed by atoms with E-state index < -0.39 is 0 Å². The van der Waals surface area contributed by atoms with E-state index >= 15 is 0 Å². The third kappa shape index (κ3) is 5.18. The monoisotopic (exact) mass is 453 g/mol. The molecule has 1 N–H and O–H groups in total. The number of anilines is 1. The summed E-state index contributed by atoms with van der Waals surface area (Å²) in [5.74, 6) is -0.0745. The number of hydrogen-bond acceptors (Lipinski definition) is 4. The van der Waals surface area contributed by atoms with E-state index in [1.807, 2.05) is 42.5 Å². The molecular formula is C25H28ClN3OS. The molecule has 4 rings (SSSR count). The number of piperazine rings is 1. The Morgan fingerprint density at radius 1 is 1.06 bits per heavy atom. The molecule has 162 valence electrons. The Morgan fingerprint density at radius 2 is 1.81 bits per heavy atom. The van der Waals surface area contributed by atoms with Gasteiger partial charge in [-0.15, -0.1) is 11.3 Å². The van der Waals surface area contributed by atoms with Gasteiger partial charge in [0.05, 0.1) is 6.04 Å². The van der Waals surface area contributed by atoms with Crippen LogP contribution in [0, 0.1) is 0 Å². The summed E-state index contributed by atoms with van der Waals surface area (Å²) in [6.07, 6.45) is 0.934. The van der Waals surface area contributed by atoms with Crippen molar-refractivity contribution < 1.29 is 4.79 Å². The van der Waals surface area contributed by atoms with Gasteiger partial charge in [-0.3, -0.25) is 9.69 Å². The highest BCUT2D eigenvalue weighted by atomic mass is 35.5. The Kier molecular flexibility index (Phi) is 7.08. The number of amides is 1. The highest BCUT2D eigenvalue weighted by molar-refractivity contribution is 7.16. The fraction of sp³-hybridized carbons (Fsp3) is 0.320. The lowest BCUT2D eigenvalue weighted by Gasteiger charge is -2.38. The van der Waals surface area contributed by atoms with Crippen molar-refractivity contribution in [3.8, 4) is 0 Å². The van der Waals surface area contributed by atoms with E-state index in [-0.39, 0.29) is 11.9 Å². The minimum absolute atomic E-state index is 0.0509. The topological polar surface area (TPSA) is 35.6 Å². The summed E-state index contributed by atoms with van der Waals surface area (Å²) < 4.78 is 0. The lowest BCUT2D eigenvalue weighted by molar-refractivity contribution is 0.102. The number of aryl methyl sites for hydroxylation is 1. The molecule has 1 aliphatic heterocycles. The number of carbonyl (C=O) groups is 1. The maximum atomic E-state index is 13.0. The van der Waals surface area contributed by atoms with Gasteiger partial charge in [-0.05, 0) is 49.4 Å². The Balaban J connectivity index is 1.73. The van der Waals surface area contributed by atoms with Gasteiger partial charge >= 0.3 is 0 Å². The first-order valence-corrected chi connectivity index (χ1v) is 11.9. The van der Waals surface area contributed by atoms with Crippen LogP contribution in [0.5, 0.6) is 0 Å². The van der Waals surface area contributed by atoms with Gasteiger partial charge in [0.1, 0.15) is 5.00 Å². The normalized spacial score (nSPS) is 16.2. The molecule has 1 atom stereocenters. The zero-order valence-electron chi connectivity index (χ0n) is 18.0. The van der Waals surface area contributed by atoms with Crippen molar-refractivity contribution in [2.75, 3.05) is 38.5 Å². The molecule has 0 spiro atoms. The van der Waals surface area contributed by atoms with Gasteiger partial charge in [-0.1, -0.05) is 48.9 Å². The van der Waals surface area contributed by atoms with E-state index in [1.165, 1.54) is 4.88 Å². The predicted molar refractivity (Wildman–Crippen MR) is 130 cm³/mol. The fourth-order valence-corrected chi connectivity index (χ4v) is 5.27. The molecule has 4 nitrogen and oxygen atoms in total. The lowest BCUT2D eigenvalue weighted by atomic mass is 9.97. The predicted octanol–water partition coefficient (Wildman–Crippen LogP) is 5.55. The summed E-state index contributed by atoms with van der Waals surface area (Å²) >= 11 is 8.05. The highest BCUT2D eigenvalue weighted by Crippen LogP contribution is 2.40. The van der Waals surface area contributed by atoms with Crippen molar-refractivity contribution in [1.82, 2.24) is 9.80 Å². The molecule has 1 aromatic heterocycles. The van der Waals surface area contributed by atoms with Crippen LogP contribution < -0.4 is 5.32 Å². The minimum atomic E-state index is -0.0745. The molecule has 31 heavy (non-hydrogen) atoms. The molecule has 0 saturated carbocycles. The minimum Gasteiger partial charge on any atom is -0.313 e. The van der Waals surface area contributed by atoms with E-state index in [1.54, 1.807) is 11.3 Å². The van der Waals surface area contributed by atoms with Crippen LogP contribution in [-0.2, 0) is 6.42 Å². The summed E-state index contributed by atoms with van der Waals surface area (Å²) in [6, 6.07) is 19.8. The van der Waals surface area contributed by atoms with Gasteiger partial charge in [0.15, 0.2) is 0 Å². The van der Waals surface area contributed by atoms with Crippen LogP contribution in [0.3, 0.4) is 0 Å². The molecule has 2 heterocycles. The molecule has 0 unspecified atom stereocenters. The van der Waals surface area contributed by atoms with Crippen molar-refractivity contribution in [2.24, 2.45) is 0 Å². The van der Waals surface area contributed by atoms with Crippen molar-refractivity contribution in [1.29, 1.82) is 0 Å². The second kappa shape index (κ2) is 9.96. The summed E-state index contributed by atoms with van der Waals surface area (Å²) in [5, 5.41) is 4.86. The molecule has 3 aromatic rings. The molecule has 6 heteroatoms. The van der Waals surface area contributed by atoms with Crippen molar-refractivity contribution in [3.63, 3.8) is 0 Å². The zero-order chi connectivity index (χ0) is 21.8. The van der Waals surface area contributed by atoms with Gasteiger partial charge in [0.2, 0.25) is 0 Å². The molecule has 1 amide bonds. The molecular weight excluding hydrogens is 426 g/mol. The molecule has 1 saturated heterocycles.